The van der Waals surface area contributed by atoms with Crippen LogP contribution >= 0.6 is 0 Å². The van der Waals surface area contributed by atoms with Crippen molar-refractivity contribution >= 4 is 0 Å². The molecule has 2 aliphatic heterocycles. The Balaban J connectivity index is 1.59. The van der Waals surface area contributed by atoms with E-state index in [0.29, 0.717) is 0 Å². The number of rotatable bonds is 4. The Hall–Kier alpha value is -2.04. The lowest BCUT2D eigenvalue weighted by atomic mass is 10.0. The molecule has 2 unspecified atom stereocenters. The molecule has 2 aromatic rings. The summed E-state index contributed by atoms with van der Waals surface area (Å²) in [7, 11) is 3.35. The molecular formula is C19H21NO3. The van der Waals surface area contributed by atoms with Gasteiger partial charge in [0.05, 0.1) is 26.4 Å². The minimum absolute atomic E-state index is 0.118. The summed E-state index contributed by atoms with van der Waals surface area (Å²) in [5.41, 5.74) is 3.82. The molecule has 0 N–H and O–H groups in total. The number of morpholine rings is 1. The quantitative estimate of drug-likeness (QED) is 0.866. The molecule has 1 fully saturated rings. The maximum absolute atomic E-state index is 6.18. The van der Waals surface area contributed by atoms with Gasteiger partial charge in [0.1, 0.15) is 0 Å². The van der Waals surface area contributed by atoms with Crippen LogP contribution in [0.1, 0.15) is 28.9 Å². The normalized spacial score (nSPS) is 22.7. The number of fused-ring (bicyclic) bond motifs is 5. The van der Waals surface area contributed by atoms with Gasteiger partial charge in [-0.25, -0.2) is 0 Å². The van der Waals surface area contributed by atoms with Crippen LogP contribution in [-0.2, 0) is 11.3 Å². The van der Waals surface area contributed by atoms with Gasteiger partial charge in [0.15, 0.2) is 11.5 Å². The van der Waals surface area contributed by atoms with E-state index in [1.807, 2.05) is 0 Å². The highest BCUT2D eigenvalue weighted by atomic mass is 16.5. The summed E-state index contributed by atoms with van der Waals surface area (Å²) >= 11 is 0. The molecule has 4 heteroatoms. The highest BCUT2D eigenvalue weighted by molar-refractivity contribution is 5.51. The molecule has 1 saturated heterocycles. The highest BCUT2D eigenvalue weighted by Gasteiger charge is 2.39. The van der Waals surface area contributed by atoms with Crippen LogP contribution in [0.3, 0.4) is 0 Å². The smallest absolute Gasteiger partial charge is 0.161 e. The van der Waals surface area contributed by atoms with Gasteiger partial charge in [0.2, 0.25) is 0 Å². The fraction of sp³-hybridized carbons (Fsp3) is 0.368. The van der Waals surface area contributed by atoms with Gasteiger partial charge in [0, 0.05) is 19.6 Å². The number of hydrogen-bond acceptors (Lipinski definition) is 4. The molecule has 2 atom stereocenters. The zero-order valence-electron chi connectivity index (χ0n) is 13.5. The average molecular weight is 311 g/mol. The SMILES string of the molecule is COc1cc2c(cc1OC)C1CN(Cc3ccccc3)CC2O1. The summed E-state index contributed by atoms with van der Waals surface area (Å²) < 4.78 is 17.1. The molecule has 4 nitrogen and oxygen atoms in total. The summed E-state index contributed by atoms with van der Waals surface area (Å²) in [6.45, 7) is 2.78. The van der Waals surface area contributed by atoms with Crippen LogP contribution in [0.5, 0.6) is 11.5 Å². The largest absolute Gasteiger partial charge is 0.493 e. The monoisotopic (exact) mass is 311 g/mol. The molecule has 0 saturated carbocycles. The first-order valence-corrected chi connectivity index (χ1v) is 7.96. The summed E-state index contributed by atoms with van der Waals surface area (Å²) in [5, 5.41) is 0. The van der Waals surface area contributed by atoms with E-state index in [2.05, 4.69) is 47.4 Å². The van der Waals surface area contributed by atoms with Crippen molar-refractivity contribution in [2.24, 2.45) is 0 Å². The second-order valence-electron chi connectivity index (χ2n) is 6.13. The van der Waals surface area contributed by atoms with Crippen LogP contribution in [0, 0.1) is 0 Å². The van der Waals surface area contributed by atoms with Crippen LogP contribution in [0.2, 0.25) is 0 Å². The van der Waals surface area contributed by atoms with Crippen LogP contribution in [0.4, 0.5) is 0 Å². The van der Waals surface area contributed by atoms with Crippen LogP contribution in [0.25, 0.3) is 0 Å². The molecule has 2 aromatic carbocycles. The maximum atomic E-state index is 6.18. The van der Waals surface area contributed by atoms with E-state index in [1.165, 1.54) is 16.7 Å². The van der Waals surface area contributed by atoms with Crippen LogP contribution in [-0.4, -0.2) is 32.2 Å². The van der Waals surface area contributed by atoms with Crippen molar-refractivity contribution in [3.05, 3.63) is 59.2 Å². The minimum Gasteiger partial charge on any atom is -0.493 e. The van der Waals surface area contributed by atoms with Gasteiger partial charge in [-0.2, -0.15) is 0 Å². The fourth-order valence-electron chi connectivity index (χ4n) is 3.61. The zero-order chi connectivity index (χ0) is 15.8. The standard InChI is InChI=1S/C19H21NO3/c1-21-16-8-14-15(9-17(16)22-2)19-12-20(11-18(14)23-19)10-13-6-4-3-5-7-13/h3-9,18-19H,10-12H2,1-2H3. The van der Waals surface area contributed by atoms with E-state index in [4.69, 9.17) is 14.2 Å². The van der Waals surface area contributed by atoms with Crippen molar-refractivity contribution in [1.29, 1.82) is 0 Å². The molecule has 23 heavy (non-hydrogen) atoms. The third-order valence-corrected chi connectivity index (χ3v) is 4.71. The third kappa shape index (κ3) is 2.58. The Morgan fingerprint density at radius 2 is 1.52 bits per heavy atom. The van der Waals surface area contributed by atoms with Gasteiger partial charge in [-0.15, -0.1) is 0 Å². The van der Waals surface area contributed by atoms with Gasteiger partial charge < -0.3 is 14.2 Å². The molecule has 0 aromatic heterocycles. The first kappa shape index (κ1) is 14.5. The molecule has 0 aliphatic carbocycles. The van der Waals surface area contributed by atoms with E-state index < -0.39 is 0 Å². The lowest BCUT2D eigenvalue weighted by Crippen LogP contribution is -2.35. The number of methoxy groups -OCH3 is 2. The summed E-state index contributed by atoms with van der Waals surface area (Å²) in [5.74, 6) is 1.55. The van der Waals surface area contributed by atoms with Gasteiger partial charge >= 0.3 is 0 Å². The van der Waals surface area contributed by atoms with Gasteiger partial charge in [-0.3, -0.25) is 4.90 Å². The summed E-state index contributed by atoms with van der Waals surface area (Å²) in [6.07, 6.45) is 0.236. The molecule has 2 heterocycles. The topological polar surface area (TPSA) is 30.9 Å². The highest BCUT2D eigenvalue weighted by Crippen LogP contribution is 2.47. The second-order valence-corrected chi connectivity index (χ2v) is 6.13. The van der Waals surface area contributed by atoms with Crippen molar-refractivity contribution in [2.75, 3.05) is 27.3 Å². The second kappa shape index (κ2) is 5.87. The van der Waals surface area contributed by atoms with E-state index in [-0.39, 0.29) is 12.2 Å². The van der Waals surface area contributed by atoms with E-state index >= 15 is 0 Å². The van der Waals surface area contributed by atoms with Crippen molar-refractivity contribution in [2.45, 2.75) is 18.8 Å². The van der Waals surface area contributed by atoms with E-state index in [1.54, 1.807) is 14.2 Å². The third-order valence-electron chi connectivity index (χ3n) is 4.71. The van der Waals surface area contributed by atoms with Crippen LogP contribution in [0.15, 0.2) is 42.5 Å². The summed E-state index contributed by atoms with van der Waals surface area (Å²) in [4.78, 5) is 2.47. The molecule has 2 bridgehead atoms. The Kier molecular flexibility index (Phi) is 3.71. The zero-order valence-corrected chi connectivity index (χ0v) is 13.5. The first-order chi connectivity index (χ1) is 11.3. The Labute approximate surface area is 136 Å². The number of ether oxygens (including phenoxy) is 3. The lowest BCUT2D eigenvalue weighted by Gasteiger charge is -2.32. The van der Waals surface area contributed by atoms with Crippen molar-refractivity contribution in [1.82, 2.24) is 4.90 Å². The summed E-state index contributed by atoms with van der Waals surface area (Å²) in [6, 6.07) is 14.7. The maximum Gasteiger partial charge on any atom is 0.161 e. The Morgan fingerprint density at radius 1 is 0.957 bits per heavy atom. The van der Waals surface area contributed by atoms with Gasteiger partial charge in [-0.1, -0.05) is 30.3 Å². The molecule has 0 spiro atoms. The molecule has 2 aliphatic rings. The molecule has 0 amide bonds. The number of nitrogens with zero attached hydrogens (tertiary/aromatic N) is 1. The predicted molar refractivity (Wildman–Crippen MR) is 87.8 cm³/mol. The average Bonchev–Trinajstić information content (AvgIpc) is 2.84. The number of benzene rings is 2. The van der Waals surface area contributed by atoms with E-state index in [0.717, 1.165) is 31.1 Å². The van der Waals surface area contributed by atoms with Crippen molar-refractivity contribution in [3.8, 4) is 11.5 Å². The van der Waals surface area contributed by atoms with Crippen molar-refractivity contribution in [3.63, 3.8) is 0 Å². The Bertz CT molecular complexity index is 662. The van der Waals surface area contributed by atoms with E-state index in [9.17, 15) is 0 Å². The van der Waals surface area contributed by atoms with Gasteiger partial charge in [-0.05, 0) is 28.8 Å². The first-order valence-electron chi connectivity index (χ1n) is 7.96. The number of hydrogen-bond donors (Lipinski definition) is 0. The lowest BCUT2D eigenvalue weighted by molar-refractivity contribution is -0.0704. The predicted octanol–water partition coefficient (Wildman–Crippen LogP) is 3.33. The Morgan fingerprint density at radius 3 is 2.04 bits per heavy atom. The van der Waals surface area contributed by atoms with Gasteiger partial charge in [0.25, 0.3) is 0 Å². The van der Waals surface area contributed by atoms with Crippen molar-refractivity contribution < 1.29 is 14.2 Å². The fourth-order valence-corrected chi connectivity index (χ4v) is 3.61. The minimum atomic E-state index is 0.118. The van der Waals surface area contributed by atoms with Crippen LogP contribution < -0.4 is 9.47 Å². The molecular weight excluding hydrogens is 290 g/mol. The molecule has 120 valence electrons. The molecule has 0 radical (unpaired) electrons. The molecule has 4 rings (SSSR count).